The lowest BCUT2D eigenvalue weighted by molar-refractivity contribution is 0.0577. The number of benzene rings is 1. The van der Waals surface area contributed by atoms with Gasteiger partial charge < -0.3 is 5.32 Å². The molecular formula is C18H25BrN2. The lowest BCUT2D eigenvalue weighted by Crippen LogP contribution is -2.64. The van der Waals surface area contributed by atoms with E-state index in [1.807, 2.05) is 0 Å². The molecule has 2 aliphatic carbocycles. The molecule has 21 heavy (non-hydrogen) atoms. The van der Waals surface area contributed by atoms with Crippen LogP contribution in [0.1, 0.15) is 38.2 Å². The molecule has 0 radical (unpaired) electrons. The maximum absolute atomic E-state index is 3.91. The molecule has 1 N–H and O–H groups in total. The molecule has 2 atom stereocenters. The lowest BCUT2D eigenvalue weighted by Gasteiger charge is -2.47. The van der Waals surface area contributed by atoms with Gasteiger partial charge in [0.2, 0.25) is 0 Å². The summed E-state index contributed by atoms with van der Waals surface area (Å²) in [4.78, 5) is 2.77. The third-order valence-corrected chi connectivity index (χ3v) is 6.47. The van der Waals surface area contributed by atoms with E-state index >= 15 is 0 Å². The van der Waals surface area contributed by atoms with Gasteiger partial charge in [0.1, 0.15) is 0 Å². The summed E-state index contributed by atoms with van der Waals surface area (Å²) in [6.45, 7) is 5.93. The molecule has 4 rings (SSSR count). The predicted octanol–water partition coefficient (Wildman–Crippen LogP) is 3.80. The maximum atomic E-state index is 3.91. The zero-order chi connectivity index (χ0) is 14.4. The number of hydrogen-bond donors (Lipinski definition) is 1. The number of halogens is 1. The van der Waals surface area contributed by atoms with E-state index in [9.17, 15) is 0 Å². The number of nitrogens with zero attached hydrogens (tertiary/aromatic N) is 1. The van der Waals surface area contributed by atoms with Crippen molar-refractivity contribution in [2.45, 2.75) is 50.7 Å². The smallest absolute Gasteiger partial charge is 0.0309 e. The van der Waals surface area contributed by atoms with Gasteiger partial charge in [-0.2, -0.15) is 0 Å². The van der Waals surface area contributed by atoms with Gasteiger partial charge in [0.25, 0.3) is 0 Å². The van der Waals surface area contributed by atoms with Crippen molar-refractivity contribution < 1.29 is 0 Å². The summed E-state index contributed by atoms with van der Waals surface area (Å²) in [5.41, 5.74) is 1.77. The highest BCUT2D eigenvalue weighted by Crippen LogP contribution is 2.44. The zero-order valence-electron chi connectivity index (χ0n) is 12.8. The van der Waals surface area contributed by atoms with Crippen molar-refractivity contribution in [2.75, 3.05) is 13.1 Å². The Bertz CT molecular complexity index is 524. The van der Waals surface area contributed by atoms with Crippen LogP contribution in [0.15, 0.2) is 28.7 Å². The molecule has 1 saturated heterocycles. The van der Waals surface area contributed by atoms with Crippen molar-refractivity contribution in [3.63, 3.8) is 0 Å². The van der Waals surface area contributed by atoms with Crippen LogP contribution in [0.3, 0.4) is 0 Å². The second kappa shape index (κ2) is 5.36. The van der Waals surface area contributed by atoms with Crippen LogP contribution >= 0.6 is 15.9 Å². The van der Waals surface area contributed by atoms with Crippen molar-refractivity contribution in [3.05, 3.63) is 34.3 Å². The number of rotatable bonds is 4. The molecule has 2 saturated carbocycles. The first kappa shape index (κ1) is 14.2. The highest BCUT2D eigenvalue weighted by Gasteiger charge is 2.48. The van der Waals surface area contributed by atoms with E-state index in [4.69, 9.17) is 0 Å². The molecule has 2 unspecified atom stereocenters. The average Bonchev–Trinajstić information content (AvgIpc) is 3.34. The molecular weight excluding hydrogens is 324 g/mol. The second-order valence-corrected chi connectivity index (χ2v) is 8.33. The van der Waals surface area contributed by atoms with Crippen molar-refractivity contribution in [1.29, 1.82) is 0 Å². The van der Waals surface area contributed by atoms with Crippen LogP contribution in [0, 0.1) is 11.8 Å². The van der Waals surface area contributed by atoms with Gasteiger partial charge in [-0.25, -0.2) is 0 Å². The lowest BCUT2D eigenvalue weighted by atomic mass is 9.89. The van der Waals surface area contributed by atoms with Gasteiger partial charge in [0, 0.05) is 35.7 Å². The molecule has 0 amide bonds. The molecule has 1 aromatic rings. The highest BCUT2D eigenvalue weighted by atomic mass is 79.9. The van der Waals surface area contributed by atoms with Gasteiger partial charge in [-0.05, 0) is 56.1 Å². The Hall–Kier alpha value is -0.380. The molecule has 0 aromatic heterocycles. The molecule has 1 aliphatic heterocycles. The zero-order valence-corrected chi connectivity index (χ0v) is 14.4. The number of hydrogen-bond acceptors (Lipinski definition) is 2. The molecule has 2 nitrogen and oxygen atoms in total. The Morgan fingerprint density at radius 1 is 1.24 bits per heavy atom. The second-order valence-electron chi connectivity index (χ2n) is 7.47. The predicted molar refractivity (Wildman–Crippen MR) is 90.2 cm³/mol. The molecule has 3 heteroatoms. The average molecular weight is 349 g/mol. The number of piperazine rings is 1. The Morgan fingerprint density at radius 2 is 2.00 bits per heavy atom. The summed E-state index contributed by atoms with van der Waals surface area (Å²) in [5.74, 6) is 1.84. The summed E-state index contributed by atoms with van der Waals surface area (Å²) >= 11 is 3.72. The minimum Gasteiger partial charge on any atom is -0.308 e. The van der Waals surface area contributed by atoms with E-state index in [1.54, 1.807) is 0 Å². The minimum atomic E-state index is 0.340. The summed E-state index contributed by atoms with van der Waals surface area (Å²) in [7, 11) is 0. The largest absolute Gasteiger partial charge is 0.308 e. The van der Waals surface area contributed by atoms with Crippen molar-refractivity contribution in [1.82, 2.24) is 10.2 Å². The molecule has 3 aliphatic rings. The topological polar surface area (TPSA) is 15.3 Å². The quantitative estimate of drug-likeness (QED) is 0.890. The molecule has 0 bridgehead atoms. The van der Waals surface area contributed by atoms with Crippen LogP contribution in [-0.4, -0.2) is 29.6 Å². The van der Waals surface area contributed by atoms with Crippen molar-refractivity contribution in [3.8, 4) is 0 Å². The van der Waals surface area contributed by atoms with Crippen LogP contribution in [-0.2, 0) is 6.54 Å². The molecule has 1 heterocycles. The first-order valence-corrected chi connectivity index (χ1v) is 9.17. The molecule has 1 aromatic carbocycles. The minimum absolute atomic E-state index is 0.340. The standard InChI is InChI=1S/C18H25BrN2/c1-18(15-8-9-15)12-21(17(10-20-18)13-6-7-13)11-14-4-2-3-5-16(14)19/h2-5,13,15,17,20H,6-12H2,1H3. The summed E-state index contributed by atoms with van der Waals surface area (Å²) in [6, 6.07) is 9.45. The first-order valence-electron chi connectivity index (χ1n) is 8.38. The van der Waals surface area contributed by atoms with Crippen LogP contribution in [0.2, 0.25) is 0 Å². The van der Waals surface area contributed by atoms with Gasteiger partial charge in [-0.3, -0.25) is 4.90 Å². The van der Waals surface area contributed by atoms with E-state index in [0.717, 1.165) is 24.4 Å². The summed E-state index contributed by atoms with van der Waals surface area (Å²) in [6.07, 6.45) is 5.69. The van der Waals surface area contributed by atoms with E-state index in [2.05, 4.69) is 57.3 Å². The van der Waals surface area contributed by atoms with Crippen LogP contribution < -0.4 is 5.32 Å². The van der Waals surface area contributed by atoms with Gasteiger partial charge in [-0.1, -0.05) is 34.1 Å². The van der Waals surface area contributed by atoms with Gasteiger partial charge in [0.05, 0.1) is 0 Å². The monoisotopic (exact) mass is 348 g/mol. The van der Waals surface area contributed by atoms with Gasteiger partial charge >= 0.3 is 0 Å². The SMILES string of the molecule is CC1(C2CC2)CN(Cc2ccccc2Br)C(C2CC2)CN1. The van der Waals surface area contributed by atoms with Crippen molar-refractivity contribution in [2.24, 2.45) is 11.8 Å². The highest BCUT2D eigenvalue weighted by molar-refractivity contribution is 9.10. The van der Waals surface area contributed by atoms with Crippen LogP contribution in [0.4, 0.5) is 0 Å². The van der Waals surface area contributed by atoms with Gasteiger partial charge in [-0.15, -0.1) is 0 Å². The fraction of sp³-hybridized carbons (Fsp3) is 0.667. The fourth-order valence-electron chi connectivity index (χ4n) is 4.02. The van der Waals surface area contributed by atoms with Gasteiger partial charge in [0.15, 0.2) is 0 Å². The molecule has 0 spiro atoms. The summed E-state index contributed by atoms with van der Waals surface area (Å²) in [5, 5.41) is 3.91. The Labute approximate surface area is 136 Å². The third-order valence-electron chi connectivity index (χ3n) is 5.69. The third kappa shape index (κ3) is 2.93. The van der Waals surface area contributed by atoms with E-state index in [-0.39, 0.29) is 0 Å². The Morgan fingerprint density at radius 3 is 2.67 bits per heavy atom. The fourth-order valence-corrected chi connectivity index (χ4v) is 4.43. The first-order chi connectivity index (χ1) is 10.2. The molecule has 3 fully saturated rings. The molecule has 114 valence electrons. The van der Waals surface area contributed by atoms with Crippen LogP contribution in [0.5, 0.6) is 0 Å². The number of nitrogens with one attached hydrogen (secondary N) is 1. The normalized spacial score (nSPS) is 34.1. The van der Waals surface area contributed by atoms with E-state index in [0.29, 0.717) is 5.54 Å². The van der Waals surface area contributed by atoms with Crippen molar-refractivity contribution >= 4 is 15.9 Å². The summed E-state index contributed by atoms with van der Waals surface area (Å²) < 4.78 is 1.26. The maximum Gasteiger partial charge on any atom is 0.0309 e. The Kier molecular flexibility index (Phi) is 3.63. The van der Waals surface area contributed by atoms with E-state index in [1.165, 1.54) is 48.8 Å². The Balaban J connectivity index is 1.54. The van der Waals surface area contributed by atoms with Crippen LogP contribution in [0.25, 0.3) is 0 Å². The van der Waals surface area contributed by atoms with E-state index < -0.39 is 0 Å².